The lowest BCUT2D eigenvalue weighted by Crippen LogP contribution is -2.13. The number of rotatable bonds is 3. The van der Waals surface area contributed by atoms with E-state index in [2.05, 4.69) is 26.4 Å². The minimum Gasteiger partial charge on any atom is -0.355 e. The molecule has 3 aromatic carbocycles. The second-order valence-corrected chi connectivity index (χ2v) is 7.72. The normalized spacial score (nSPS) is 11.6. The molecule has 4 aromatic rings. The number of nitrogens with one attached hydrogen (secondary N) is 1. The Balaban J connectivity index is 1.66. The Hall–Kier alpha value is -2.84. The van der Waals surface area contributed by atoms with Crippen LogP contribution in [0.1, 0.15) is 15.9 Å². The second-order valence-electron chi connectivity index (χ2n) is 6.40. The van der Waals surface area contributed by atoms with Crippen LogP contribution in [0.5, 0.6) is 0 Å². The monoisotopic (exact) mass is 494 g/mol. The zero-order valence-corrected chi connectivity index (χ0v) is 17.3. The summed E-state index contributed by atoms with van der Waals surface area (Å²) in [6.45, 7) is 0. The lowest BCUT2D eigenvalue weighted by Gasteiger charge is -2.12. The third-order valence-electron chi connectivity index (χ3n) is 4.37. The van der Waals surface area contributed by atoms with Crippen LogP contribution in [0.2, 0.25) is 5.02 Å². The molecule has 0 fully saturated rings. The maximum absolute atomic E-state index is 13.0. The van der Waals surface area contributed by atoms with Crippen LogP contribution in [0, 0.1) is 0 Å². The van der Waals surface area contributed by atoms with Crippen molar-refractivity contribution >= 4 is 50.0 Å². The van der Waals surface area contributed by atoms with Gasteiger partial charge in [0.1, 0.15) is 5.52 Å². The Labute approximate surface area is 181 Å². The molecule has 0 aliphatic rings. The summed E-state index contributed by atoms with van der Waals surface area (Å²) in [4.78, 5) is 12.6. The fraction of sp³-hybridized carbons (Fsp3) is 0.0476. The molecule has 1 amide bonds. The number of carbonyl (C=O) groups excluding carboxylic acids is 1. The summed E-state index contributed by atoms with van der Waals surface area (Å²) < 4.78 is 45.4. The number of hydrogen-bond donors (Lipinski definition) is 1. The van der Waals surface area contributed by atoms with E-state index in [0.717, 1.165) is 22.2 Å². The molecule has 4 rings (SSSR count). The molecule has 1 N–H and O–H groups in total. The van der Waals surface area contributed by atoms with Crippen LogP contribution in [0.25, 0.3) is 22.2 Å². The lowest BCUT2D eigenvalue weighted by atomic mass is 10.1. The van der Waals surface area contributed by atoms with E-state index >= 15 is 0 Å². The highest BCUT2D eigenvalue weighted by Crippen LogP contribution is 2.36. The molecule has 9 heteroatoms. The average Bonchev–Trinajstić information content (AvgIpc) is 3.12. The van der Waals surface area contributed by atoms with Crippen LogP contribution >= 0.6 is 27.5 Å². The fourth-order valence-electron chi connectivity index (χ4n) is 2.92. The molecular weight excluding hydrogens is 485 g/mol. The van der Waals surface area contributed by atoms with Gasteiger partial charge in [0.25, 0.3) is 5.91 Å². The zero-order valence-electron chi connectivity index (χ0n) is 14.9. The van der Waals surface area contributed by atoms with E-state index in [-0.39, 0.29) is 11.3 Å². The van der Waals surface area contributed by atoms with Gasteiger partial charge in [-0.05, 0) is 60.7 Å². The molecule has 0 saturated carbocycles. The fourth-order valence-corrected chi connectivity index (χ4v) is 3.40. The minimum absolute atomic E-state index is 0.0183. The van der Waals surface area contributed by atoms with Gasteiger partial charge in [-0.25, -0.2) is 0 Å². The summed E-state index contributed by atoms with van der Waals surface area (Å²) >= 11 is 8.98. The first-order valence-electron chi connectivity index (χ1n) is 8.56. The number of halogens is 5. The Kier molecular flexibility index (Phi) is 5.29. The highest BCUT2D eigenvalue weighted by Gasteiger charge is 2.33. The van der Waals surface area contributed by atoms with Crippen LogP contribution in [-0.2, 0) is 6.18 Å². The summed E-state index contributed by atoms with van der Waals surface area (Å²) in [7, 11) is 0. The van der Waals surface area contributed by atoms with Gasteiger partial charge in [0.15, 0.2) is 5.76 Å². The van der Waals surface area contributed by atoms with Gasteiger partial charge >= 0.3 is 6.18 Å². The predicted octanol–water partition coefficient (Wildman–Crippen LogP) is 7.18. The van der Waals surface area contributed by atoms with Gasteiger partial charge in [-0.3, -0.25) is 4.79 Å². The molecule has 0 bridgehead atoms. The van der Waals surface area contributed by atoms with Gasteiger partial charge in [0.05, 0.1) is 16.0 Å². The van der Waals surface area contributed by atoms with Crippen molar-refractivity contribution in [2.45, 2.75) is 6.18 Å². The molecule has 30 heavy (non-hydrogen) atoms. The summed E-state index contributed by atoms with van der Waals surface area (Å²) in [6.07, 6.45) is -4.63. The molecule has 0 atom stereocenters. The molecule has 0 radical (unpaired) electrons. The number of benzene rings is 3. The standard InChI is InChI=1S/C21H11BrClF3N2O2/c22-13-4-1-11(2-5-13)19-15-9-12(3-8-18(15)28-30-19)20(29)27-14-6-7-17(23)16(10-14)21(24,25)26/h1-10H,(H,27,29). The number of fused-ring (bicyclic) bond motifs is 1. The highest BCUT2D eigenvalue weighted by molar-refractivity contribution is 9.10. The number of anilines is 1. The molecule has 152 valence electrons. The number of carbonyl (C=O) groups is 1. The maximum atomic E-state index is 13.0. The van der Waals surface area contributed by atoms with E-state index in [4.69, 9.17) is 16.1 Å². The largest absolute Gasteiger partial charge is 0.417 e. The van der Waals surface area contributed by atoms with Crippen LogP contribution in [0.4, 0.5) is 18.9 Å². The van der Waals surface area contributed by atoms with E-state index < -0.39 is 22.7 Å². The first kappa shape index (κ1) is 20.4. The lowest BCUT2D eigenvalue weighted by molar-refractivity contribution is -0.137. The third-order valence-corrected chi connectivity index (χ3v) is 5.23. The zero-order chi connectivity index (χ0) is 21.5. The molecule has 1 heterocycles. The second kappa shape index (κ2) is 7.77. The van der Waals surface area contributed by atoms with Crippen LogP contribution in [-0.4, -0.2) is 11.1 Å². The van der Waals surface area contributed by atoms with Crippen LogP contribution in [0.3, 0.4) is 0 Å². The molecule has 1 aromatic heterocycles. The maximum Gasteiger partial charge on any atom is 0.417 e. The molecule has 0 unspecified atom stereocenters. The number of aromatic nitrogens is 1. The molecular formula is C21H11BrClF3N2O2. The van der Waals surface area contributed by atoms with Crippen LogP contribution < -0.4 is 5.32 Å². The summed E-state index contributed by atoms with van der Waals surface area (Å²) in [6, 6.07) is 15.3. The SMILES string of the molecule is O=C(Nc1ccc(Cl)c(C(F)(F)F)c1)c1ccc2noc(-c3ccc(Br)cc3)c2c1. The van der Waals surface area contributed by atoms with Crippen molar-refractivity contribution in [2.24, 2.45) is 0 Å². The number of amides is 1. The topological polar surface area (TPSA) is 55.1 Å². The van der Waals surface area contributed by atoms with Gasteiger partial charge in [-0.2, -0.15) is 13.2 Å². The summed E-state index contributed by atoms with van der Waals surface area (Å²) in [5.74, 6) is -0.0895. The summed E-state index contributed by atoms with van der Waals surface area (Å²) in [5, 5.41) is 6.63. The van der Waals surface area contributed by atoms with Gasteiger partial charge in [0, 0.05) is 21.3 Å². The van der Waals surface area contributed by atoms with Crippen molar-refractivity contribution in [1.29, 1.82) is 0 Å². The molecule has 0 aliphatic heterocycles. The number of nitrogens with zero attached hydrogens (tertiary/aromatic N) is 1. The van der Waals surface area contributed by atoms with E-state index in [1.54, 1.807) is 12.1 Å². The van der Waals surface area contributed by atoms with Crippen LogP contribution in [0.15, 0.2) is 69.7 Å². The van der Waals surface area contributed by atoms with Crippen molar-refractivity contribution in [1.82, 2.24) is 5.16 Å². The van der Waals surface area contributed by atoms with E-state index in [1.165, 1.54) is 12.1 Å². The quantitative estimate of drug-likeness (QED) is 0.327. The van der Waals surface area contributed by atoms with Crippen molar-refractivity contribution in [3.63, 3.8) is 0 Å². The third kappa shape index (κ3) is 4.06. The molecule has 4 nitrogen and oxygen atoms in total. The molecule has 0 spiro atoms. The van der Waals surface area contributed by atoms with Gasteiger partial charge in [-0.15, -0.1) is 0 Å². The Bertz CT molecular complexity index is 1250. The Morgan fingerprint density at radius 2 is 1.77 bits per heavy atom. The average molecular weight is 496 g/mol. The molecule has 0 saturated heterocycles. The van der Waals surface area contributed by atoms with Crippen molar-refractivity contribution in [3.8, 4) is 11.3 Å². The van der Waals surface area contributed by atoms with Gasteiger partial charge < -0.3 is 9.84 Å². The Morgan fingerprint density at radius 1 is 1.03 bits per heavy atom. The van der Waals surface area contributed by atoms with Crippen molar-refractivity contribution < 1.29 is 22.5 Å². The van der Waals surface area contributed by atoms with E-state index in [1.807, 2.05) is 24.3 Å². The van der Waals surface area contributed by atoms with Crippen molar-refractivity contribution in [3.05, 3.63) is 81.3 Å². The first-order valence-corrected chi connectivity index (χ1v) is 9.73. The molecule has 0 aliphatic carbocycles. The summed E-state index contributed by atoms with van der Waals surface area (Å²) in [5.41, 5.74) is 0.526. The smallest absolute Gasteiger partial charge is 0.355 e. The van der Waals surface area contributed by atoms with E-state index in [9.17, 15) is 18.0 Å². The highest BCUT2D eigenvalue weighted by atomic mass is 79.9. The van der Waals surface area contributed by atoms with Gasteiger partial charge in [0.2, 0.25) is 0 Å². The first-order chi connectivity index (χ1) is 14.2. The predicted molar refractivity (Wildman–Crippen MR) is 112 cm³/mol. The number of alkyl halides is 3. The van der Waals surface area contributed by atoms with Gasteiger partial charge in [-0.1, -0.05) is 32.7 Å². The minimum atomic E-state index is -4.63. The van der Waals surface area contributed by atoms with E-state index in [0.29, 0.717) is 16.7 Å². The number of hydrogen-bond acceptors (Lipinski definition) is 3. The Morgan fingerprint density at radius 3 is 2.47 bits per heavy atom. The van der Waals surface area contributed by atoms with Crippen molar-refractivity contribution in [2.75, 3.05) is 5.32 Å².